The molecule has 0 unspecified atom stereocenters. The van der Waals surface area contributed by atoms with Gasteiger partial charge in [-0.05, 0) is 35.8 Å². The van der Waals surface area contributed by atoms with Gasteiger partial charge in [0.1, 0.15) is 5.70 Å². The van der Waals surface area contributed by atoms with E-state index in [1.165, 1.54) is 16.7 Å². The third kappa shape index (κ3) is 3.01. The molecule has 0 aliphatic carbocycles. The molecule has 2 aromatic carbocycles. The smallest absolute Gasteiger partial charge is 0.276 e. The maximum absolute atomic E-state index is 12.8. The van der Waals surface area contributed by atoms with Crippen LogP contribution in [0.1, 0.15) is 18.7 Å². The Morgan fingerprint density at radius 1 is 1.15 bits per heavy atom. The van der Waals surface area contributed by atoms with E-state index in [4.69, 9.17) is 4.99 Å². The Balaban J connectivity index is 1.90. The molecule has 2 aliphatic heterocycles. The molecule has 26 heavy (non-hydrogen) atoms. The highest BCUT2D eigenvalue weighted by Gasteiger charge is 2.34. The van der Waals surface area contributed by atoms with Crippen LogP contribution in [0.15, 0.2) is 63.5 Å². The summed E-state index contributed by atoms with van der Waals surface area (Å²) in [4.78, 5) is 18.9. The molecule has 0 fully saturated rings. The number of rotatable bonds is 3. The van der Waals surface area contributed by atoms with Crippen LogP contribution < -0.4 is 15.9 Å². The molecule has 2 heterocycles. The van der Waals surface area contributed by atoms with Gasteiger partial charge < -0.3 is 0 Å². The van der Waals surface area contributed by atoms with Crippen molar-refractivity contribution in [2.45, 2.75) is 18.0 Å². The number of nitrogens with one attached hydrogen (secondary N) is 1. The number of benzene rings is 2. The first-order valence-electron chi connectivity index (χ1n) is 8.34. The van der Waals surface area contributed by atoms with E-state index in [0.717, 1.165) is 21.9 Å². The summed E-state index contributed by atoms with van der Waals surface area (Å²) in [7, 11) is 0. The van der Waals surface area contributed by atoms with Gasteiger partial charge in [-0.2, -0.15) is 0 Å². The second-order valence-corrected chi connectivity index (χ2v) is 7.91. The average molecular weight is 383 g/mol. The molecule has 1 atom stereocenters. The number of carbonyl (C=O) groups is 1. The molecule has 2 aromatic rings. The van der Waals surface area contributed by atoms with Crippen LogP contribution in [0.3, 0.4) is 0 Å². The summed E-state index contributed by atoms with van der Waals surface area (Å²) in [5.41, 5.74) is 1.56. The molecule has 1 amide bonds. The lowest BCUT2D eigenvalue weighted by atomic mass is 10.1. The van der Waals surface area contributed by atoms with E-state index in [1.54, 1.807) is 16.8 Å². The van der Waals surface area contributed by atoms with Crippen LogP contribution in [0.2, 0.25) is 0 Å². The van der Waals surface area contributed by atoms with Gasteiger partial charge in [-0.1, -0.05) is 49.0 Å². The number of nitrogens with zero attached hydrogens (tertiary/aromatic N) is 3. The van der Waals surface area contributed by atoms with E-state index in [9.17, 15) is 4.79 Å². The molecule has 1 N–H and O–H groups in total. The van der Waals surface area contributed by atoms with Crippen LogP contribution in [0.25, 0.3) is 5.70 Å². The van der Waals surface area contributed by atoms with Gasteiger partial charge in [-0.3, -0.25) is 15.1 Å². The minimum Gasteiger partial charge on any atom is -0.298 e. The van der Waals surface area contributed by atoms with Crippen molar-refractivity contribution in [3.8, 4) is 0 Å². The van der Waals surface area contributed by atoms with Crippen molar-refractivity contribution in [3.05, 3.63) is 64.7 Å². The molecule has 5 nitrogen and oxygen atoms in total. The van der Waals surface area contributed by atoms with Gasteiger partial charge in [0.05, 0.1) is 5.36 Å². The topological polar surface area (TPSA) is 57.1 Å². The fraction of sp³-hybridized carbons (Fsp3) is 0.211. The maximum atomic E-state index is 12.8. The van der Waals surface area contributed by atoms with Gasteiger partial charge in [0.25, 0.3) is 5.91 Å². The number of hydrazone groups is 1. The zero-order valence-electron chi connectivity index (χ0n) is 14.5. The molecule has 0 aromatic heterocycles. The first-order chi connectivity index (χ1) is 12.7. The van der Waals surface area contributed by atoms with Crippen LogP contribution in [-0.2, 0) is 4.79 Å². The molecule has 0 saturated heterocycles. The Hall–Kier alpha value is -2.25. The summed E-state index contributed by atoms with van der Waals surface area (Å²) in [6.45, 7) is 2.03. The van der Waals surface area contributed by atoms with Gasteiger partial charge >= 0.3 is 0 Å². The highest BCUT2D eigenvalue weighted by molar-refractivity contribution is 8.13. The molecular weight excluding hydrogens is 364 g/mol. The monoisotopic (exact) mass is 382 g/mol. The van der Waals surface area contributed by atoms with Crippen LogP contribution in [0.5, 0.6) is 0 Å². The summed E-state index contributed by atoms with van der Waals surface area (Å²) in [5.74, 6) is 0.701. The predicted molar refractivity (Wildman–Crippen MR) is 107 cm³/mol. The second-order valence-electron chi connectivity index (χ2n) is 5.78. The fourth-order valence-electron chi connectivity index (χ4n) is 3.02. The average Bonchev–Trinajstić information content (AvgIpc) is 2.67. The van der Waals surface area contributed by atoms with Crippen LogP contribution in [0.4, 0.5) is 0 Å². The Bertz CT molecular complexity index is 1000. The van der Waals surface area contributed by atoms with Gasteiger partial charge in [-0.25, -0.2) is 5.01 Å². The number of fused-ring (bicyclic) bond motifs is 2. The SMILES string of the molecule is CCSC1=NN2C(=c3ccccc3=N[C@@H]2c2ccc(SC)cc2)C(=O)N1. The van der Waals surface area contributed by atoms with E-state index in [2.05, 4.69) is 40.9 Å². The summed E-state index contributed by atoms with van der Waals surface area (Å²) < 4.78 is 0. The van der Waals surface area contributed by atoms with E-state index in [0.29, 0.717) is 10.9 Å². The normalized spacial score (nSPS) is 18.5. The first-order valence-corrected chi connectivity index (χ1v) is 10.6. The van der Waals surface area contributed by atoms with Crippen LogP contribution >= 0.6 is 23.5 Å². The van der Waals surface area contributed by atoms with E-state index in [1.807, 2.05) is 31.2 Å². The molecular formula is C19H18N4OS2. The number of hydrogen-bond donors (Lipinski definition) is 1. The molecule has 0 spiro atoms. The molecule has 0 radical (unpaired) electrons. The minimum absolute atomic E-state index is 0.135. The van der Waals surface area contributed by atoms with Crippen molar-refractivity contribution >= 4 is 40.3 Å². The predicted octanol–water partition coefficient (Wildman–Crippen LogP) is 2.30. The standard InChI is InChI=1S/C19H18N4OS2/c1-3-26-19-21-18(24)16-14-6-4-5-7-15(14)20-17(23(16)22-19)12-8-10-13(25-2)11-9-12/h4-11,17H,3H2,1-2H3,(H,21,22,24)/t17-/m0/s1. The van der Waals surface area contributed by atoms with E-state index in [-0.39, 0.29) is 12.1 Å². The van der Waals surface area contributed by atoms with E-state index < -0.39 is 0 Å². The number of amidine groups is 1. The highest BCUT2D eigenvalue weighted by Crippen LogP contribution is 2.31. The Morgan fingerprint density at radius 3 is 2.65 bits per heavy atom. The van der Waals surface area contributed by atoms with Gasteiger partial charge in [0, 0.05) is 10.1 Å². The zero-order chi connectivity index (χ0) is 18.1. The van der Waals surface area contributed by atoms with Gasteiger partial charge in [-0.15, -0.1) is 16.9 Å². The third-order valence-corrected chi connectivity index (χ3v) is 5.70. The van der Waals surface area contributed by atoms with Crippen molar-refractivity contribution in [2.75, 3.05) is 12.0 Å². The number of thioether (sulfide) groups is 2. The number of amides is 1. The quantitative estimate of drug-likeness (QED) is 0.828. The Kier molecular flexibility index (Phi) is 4.74. The van der Waals surface area contributed by atoms with Gasteiger partial charge in [0.2, 0.25) is 0 Å². The summed E-state index contributed by atoms with van der Waals surface area (Å²) >= 11 is 3.21. The molecule has 7 heteroatoms. The summed E-state index contributed by atoms with van der Waals surface area (Å²) in [6.07, 6.45) is 1.70. The Labute approximate surface area is 160 Å². The second kappa shape index (κ2) is 7.17. The van der Waals surface area contributed by atoms with E-state index >= 15 is 0 Å². The lowest BCUT2D eigenvalue weighted by Gasteiger charge is -2.34. The van der Waals surface area contributed by atoms with Crippen molar-refractivity contribution in [2.24, 2.45) is 10.1 Å². The molecule has 0 saturated carbocycles. The largest absolute Gasteiger partial charge is 0.298 e. The maximum Gasteiger partial charge on any atom is 0.276 e. The minimum atomic E-state index is -0.352. The van der Waals surface area contributed by atoms with Crippen molar-refractivity contribution in [3.63, 3.8) is 0 Å². The molecule has 2 aliphatic rings. The van der Waals surface area contributed by atoms with Crippen molar-refractivity contribution in [1.82, 2.24) is 10.3 Å². The zero-order valence-corrected chi connectivity index (χ0v) is 16.1. The van der Waals surface area contributed by atoms with Crippen molar-refractivity contribution in [1.29, 1.82) is 0 Å². The summed E-state index contributed by atoms with van der Waals surface area (Å²) in [5, 5.41) is 11.6. The molecule has 0 bridgehead atoms. The number of hydrogen-bond acceptors (Lipinski definition) is 6. The molecule has 132 valence electrons. The third-order valence-electron chi connectivity index (χ3n) is 4.21. The molecule has 4 rings (SSSR count). The fourth-order valence-corrected chi connectivity index (χ4v) is 4.01. The first kappa shape index (κ1) is 17.2. The van der Waals surface area contributed by atoms with Crippen LogP contribution in [0, 0.1) is 0 Å². The lowest BCUT2D eigenvalue weighted by Crippen LogP contribution is -2.50. The highest BCUT2D eigenvalue weighted by atomic mass is 32.2. The van der Waals surface area contributed by atoms with Crippen LogP contribution in [-0.4, -0.2) is 28.1 Å². The lowest BCUT2D eigenvalue weighted by molar-refractivity contribution is -0.116. The summed E-state index contributed by atoms with van der Waals surface area (Å²) in [6, 6.07) is 16.0. The van der Waals surface area contributed by atoms with Gasteiger partial charge in [0.15, 0.2) is 11.3 Å². The van der Waals surface area contributed by atoms with Crippen molar-refractivity contribution < 1.29 is 4.79 Å². The number of carbonyl (C=O) groups excluding carboxylic acids is 1. The number of para-hydroxylation sites is 1. The Morgan fingerprint density at radius 2 is 1.92 bits per heavy atom.